The number of hydrogen-bond donors (Lipinski definition) is 2. The van der Waals surface area contributed by atoms with Crippen LogP contribution in [0.15, 0.2) is 0 Å². The van der Waals surface area contributed by atoms with Crippen LogP contribution in [0, 0.1) is 0 Å². The molecule has 1 saturated carbocycles. The Balaban J connectivity index is 2.00. The fraction of sp³-hybridized carbons (Fsp3) is 1.00. The molecule has 0 atom stereocenters. The maximum absolute atomic E-state index is 11.4. The Morgan fingerprint density at radius 1 is 1.33 bits per heavy atom. The summed E-state index contributed by atoms with van der Waals surface area (Å²) >= 11 is 1.64. The lowest BCUT2D eigenvalue weighted by atomic mass is 10.5. The summed E-state index contributed by atoms with van der Waals surface area (Å²) in [6, 6.07) is 0.664. The molecule has 0 saturated heterocycles. The van der Waals surface area contributed by atoms with E-state index in [2.05, 4.69) is 10.0 Å². The predicted octanol–water partition coefficient (Wildman–Crippen LogP) is 0.411. The second-order valence-corrected chi connectivity index (χ2v) is 6.70. The summed E-state index contributed by atoms with van der Waals surface area (Å²) in [6.07, 6.45) is 5.16. The second-order valence-electron chi connectivity index (χ2n) is 3.79. The van der Waals surface area contributed by atoms with Crippen LogP contribution < -0.4 is 10.0 Å². The lowest BCUT2D eigenvalue weighted by Gasteiger charge is -2.06. The first-order valence-corrected chi connectivity index (χ1v) is 8.38. The lowest BCUT2D eigenvalue weighted by molar-refractivity contribution is 0.577. The van der Waals surface area contributed by atoms with Gasteiger partial charge in [-0.3, -0.25) is 0 Å². The maximum Gasteiger partial charge on any atom is 0.211 e. The SMILES string of the molecule is CSCCNS(=O)(=O)CCCNC1CC1. The van der Waals surface area contributed by atoms with E-state index < -0.39 is 10.0 Å². The zero-order chi connectivity index (χ0) is 11.1. The smallest absolute Gasteiger partial charge is 0.211 e. The van der Waals surface area contributed by atoms with Crippen LogP contribution in [0.5, 0.6) is 0 Å². The predicted molar refractivity (Wildman–Crippen MR) is 65.8 cm³/mol. The third kappa shape index (κ3) is 7.16. The van der Waals surface area contributed by atoms with Crippen molar-refractivity contribution in [2.75, 3.05) is 30.9 Å². The van der Waals surface area contributed by atoms with E-state index in [0.29, 0.717) is 19.0 Å². The van der Waals surface area contributed by atoms with Crippen LogP contribution in [0.25, 0.3) is 0 Å². The highest BCUT2D eigenvalue weighted by atomic mass is 32.2. The summed E-state index contributed by atoms with van der Waals surface area (Å²) in [6.45, 7) is 1.35. The van der Waals surface area contributed by atoms with Crippen molar-refractivity contribution in [3.8, 4) is 0 Å². The van der Waals surface area contributed by atoms with E-state index in [-0.39, 0.29) is 5.75 Å². The first kappa shape index (κ1) is 13.3. The van der Waals surface area contributed by atoms with E-state index in [1.165, 1.54) is 12.8 Å². The Hall–Kier alpha value is 0.220. The molecule has 2 N–H and O–H groups in total. The van der Waals surface area contributed by atoms with Crippen molar-refractivity contribution < 1.29 is 8.42 Å². The normalized spacial score (nSPS) is 16.9. The summed E-state index contributed by atoms with van der Waals surface area (Å²) in [4.78, 5) is 0. The summed E-state index contributed by atoms with van der Waals surface area (Å²) in [5, 5.41) is 3.30. The van der Waals surface area contributed by atoms with Crippen LogP contribution in [0.3, 0.4) is 0 Å². The van der Waals surface area contributed by atoms with E-state index in [1.54, 1.807) is 11.8 Å². The summed E-state index contributed by atoms with van der Waals surface area (Å²) < 4.78 is 25.4. The van der Waals surface area contributed by atoms with Crippen LogP contribution in [0.2, 0.25) is 0 Å². The summed E-state index contributed by atoms with van der Waals surface area (Å²) in [5.74, 6) is 1.07. The number of nitrogens with one attached hydrogen (secondary N) is 2. The molecular formula is C9H20N2O2S2. The number of rotatable bonds is 9. The van der Waals surface area contributed by atoms with Crippen molar-refractivity contribution in [3.63, 3.8) is 0 Å². The standard InChI is InChI=1S/C9H20N2O2S2/c1-14-7-6-11-15(12,13)8-2-5-10-9-3-4-9/h9-11H,2-8H2,1H3. The van der Waals surface area contributed by atoms with E-state index in [1.807, 2.05) is 6.26 Å². The van der Waals surface area contributed by atoms with Crippen molar-refractivity contribution in [3.05, 3.63) is 0 Å². The molecule has 1 rings (SSSR count). The average Bonchev–Trinajstić information content (AvgIpc) is 2.96. The van der Waals surface area contributed by atoms with Gasteiger partial charge in [-0.1, -0.05) is 0 Å². The van der Waals surface area contributed by atoms with Gasteiger partial charge in [-0.15, -0.1) is 0 Å². The van der Waals surface area contributed by atoms with E-state index in [0.717, 1.165) is 12.3 Å². The van der Waals surface area contributed by atoms with Gasteiger partial charge in [0.2, 0.25) is 10.0 Å². The Bertz CT molecular complexity index is 263. The molecule has 0 aliphatic heterocycles. The van der Waals surface area contributed by atoms with Gasteiger partial charge in [-0.25, -0.2) is 13.1 Å². The third-order valence-electron chi connectivity index (χ3n) is 2.23. The fourth-order valence-corrected chi connectivity index (χ4v) is 2.74. The van der Waals surface area contributed by atoms with Gasteiger partial charge in [0.1, 0.15) is 0 Å². The molecule has 15 heavy (non-hydrogen) atoms. The van der Waals surface area contributed by atoms with E-state index in [9.17, 15) is 8.42 Å². The first-order chi connectivity index (χ1) is 7.14. The van der Waals surface area contributed by atoms with Gasteiger partial charge in [0.05, 0.1) is 5.75 Å². The van der Waals surface area contributed by atoms with E-state index in [4.69, 9.17) is 0 Å². The monoisotopic (exact) mass is 252 g/mol. The molecule has 90 valence electrons. The topological polar surface area (TPSA) is 58.2 Å². The molecule has 1 fully saturated rings. The number of hydrogen-bond acceptors (Lipinski definition) is 4. The lowest BCUT2D eigenvalue weighted by Crippen LogP contribution is -2.30. The molecule has 0 aromatic heterocycles. The van der Waals surface area contributed by atoms with Crippen molar-refractivity contribution in [1.29, 1.82) is 0 Å². The average molecular weight is 252 g/mol. The van der Waals surface area contributed by atoms with Gasteiger partial charge in [0.15, 0.2) is 0 Å². The van der Waals surface area contributed by atoms with Crippen LogP contribution in [-0.2, 0) is 10.0 Å². The molecule has 0 bridgehead atoms. The van der Waals surface area contributed by atoms with Gasteiger partial charge in [-0.2, -0.15) is 11.8 Å². The van der Waals surface area contributed by atoms with E-state index >= 15 is 0 Å². The van der Waals surface area contributed by atoms with Crippen LogP contribution in [0.1, 0.15) is 19.3 Å². The highest BCUT2D eigenvalue weighted by Crippen LogP contribution is 2.18. The van der Waals surface area contributed by atoms with Crippen molar-refractivity contribution in [2.24, 2.45) is 0 Å². The highest BCUT2D eigenvalue weighted by molar-refractivity contribution is 7.98. The molecule has 1 aliphatic carbocycles. The van der Waals surface area contributed by atoms with Gasteiger partial charge >= 0.3 is 0 Å². The fourth-order valence-electron chi connectivity index (χ4n) is 1.23. The minimum absolute atomic E-state index is 0.237. The van der Waals surface area contributed by atoms with Crippen LogP contribution >= 0.6 is 11.8 Å². The highest BCUT2D eigenvalue weighted by Gasteiger charge is 2.20. The largest absolute Gasteiger partial charge is 0.314 e. The Labute approximate surface area is 96.6 Å². The molecule has 0 heterocycles. The van der Waals surface area contributed by atoms with Gasteiger partial charge < -0.3 is 5.32 Å². The van der Waals surface area contributed by atoms with Gasteiger partial charge in [-0.05, 0) is 32.1 Å². The minimum atomic E-state index is -3.03. The summed E-state index contributed by atoms with van der Waals surface area (Å²) in [7, 11) is -3.03. The molecule has 0 radical (unpaired) electrons. The molecule has 4 nitrogen and oxygen atoms in total. The van der Waals surface area contributed by atoms with Gasteiger partial charge in [0.25, 0.3) is 0 Å². The molecule has 0 amide bonds. The molecule has 6 heteroatoms. The second kappa shape index (κ2) is 6.73. The Kier molecular flexibility index (Phi) is 5.96. The minimum Gasteiger partial charge on any atom is -0.314 e. The Morgan fingerprint density at radius 2 is 2.07 bits per heavy atom. The van der Waals surface area contributed by atoms with Crippen LogP contribution in [0.4, 0.5) is 0 Å². The zero-order valence-corrected chi connectivity index (χ0v) is 10.8. The first-order valence-electron chi connectivity index (χ1n) is 5.34. The number of sulfonamides is 1. The molecule has 0 spiro atoms. The molecule has 0 aromatic carbocycles. The molecule has 0 aromatic rings. The van der Waals surface area contributed by atoms with Crippen molar-refractivity contribution in [2.45, 2.75) is 25.3 Å². The van der Waals surface area contributed by atoms with Crippen molar-refractivity contribution >= 4 is 21.8 Å². The molecule has 0 unspecified atom stereocenters. The Morgan fingerprint density at radius 3 is 2.67 bits per heavy atom. The van der Waals surface area contributed by atoms with Crippen molar-refractivity contribution in [1.82, 2.24) is 10.0 Å². The quantitative estimate of drug-likeness (QED) is 0.584. The summed E-state index contributed by atoms with van der Waals surface area (Å²) in [5.41, 5.74) is 0. The maximum atomic E-state index is 11.4. The number of thioether (sulfide) groups is 1. The molecule has 1 aliphatic rings. The third-order valence-corrected chi connectivity index (χ3v) is 4.31. The van der Waals surface area contributed by atoms with Crippen LogP contribution in [-0.4, -0.2) is 45.3 Å². The molecular weight excluding hydrogens is 232 g/mol. The zero-order valence-electron chi connectivity index (χ0n) is 9.16. The van der Waals surface area contributed by atoms with Gasteiger partial charge in [0, 0.05) is 18.3 Å².